The Hall–Kier alpha value is -3.67. The van der Waals surface area contributed by atoms with Crippen LogP contribution in [0.15, 0.2) is 78.1 Å². The zero-order chi connectivity index (χ0) is 18.6. The first-order valence-corrected chi connectivity index (χ1v) is 8.59. The number of aromatic nitrogens is 3. The third-order valence-corrected chi connectivity index (χ3v) is 4.22. The number of nitrogens with zero attached hydrogens (tertiary/aromatic N) is 3. The number of nitrogens with one attached hydrogen (secondary N) is 1. The van der Waals surface area contributed by atoms with Crippen LogP contribution in [0.25, 0.3) is 22.3 Å². The molecule has 0 fully saturated rings. The molecule has 3 aromatic heterocycles. The van der Waals surface area contributed by atoms with Gasteiger partial charge in [-0.15, -0.1) is 6.58 Å². The van der Waals surface area contributed by atoms with E-state index in [1.54, 1.807) is 29.3 Å². The van der Waals surface area contributed by atoms with Crippen molar-refractivity contribution in [3.8, 4) is 11.3 Å². The van der Waals surface area contributed by atoms with Crippen molar-refractivity contribution in [3.05, 3.63) is 85.0 Å². The topological polar surface area (TPSA) is 73.0 Å². The van der Waals surface area contributed by atoms with Crippen LogP contribution in [0, 0.1) is 0 Å². The predicted molar refractivity (Wildman–Crippen MR) is 103 cm³/mol. The zero-order valence-electron chi connectivity index (χ0n) is 14.6. The maximum Gasteiger partial charge on any atom is 0.252 e. The quantitative estimate of drug-likeness (QED) is 0.534. The van der Waals surface area contributed by atoms with Crippen molar-refractivity contribution >= 4 is 16.9 Å². The lowest BCUT2D eigenvalue weighted by molar-refractivity contribution is 0.0959. The average molecular weight is 358 g/mol. The van der Waals surface area contributed by atoms with Crippen molar-refractivity contribution in [2.75, 3.05) is 6.54 Å². The molecule has 1 amide bonds. The minimum absolute atomic E-state index is 0.183. The van der Waals surface area contributed by atoms with Gasteiger partial charge in [0.1, 0.15) is 12.3 Å². The van der Waals surface area contributed by atoms with Crippen molar-refractivity contribution < 1.29 is 9.21 Å². The third-order valence-electron chi connectivity index (χ3n) is 4.22. The molecule has 0 atom stereocenters. The van der Waals surface area contributed by atoms with E-state index in [9.17, 15) is 4.79 Å². The molecular weight excluding hydrogens is 340 g/mol. The molecule has 3 heterocycles. The lowest BCUT2D eigenvalue weighted by Crippen LogP contribution is -2.23. The van der Waals surface area contributed by atoms with Crippen LogP contribution in [0.4, 0.5) is 0 Å². The largest absolute Gasteiger partial charge is 0.467 e. The molecule has 27 heavy (non-hydrogen) atoms. The van der Waals surface area contributed by atoms with E-state index in [0.29, 0.717) is 35.4 Å². The Kier molecular flexibility index (Phi) is 4.53. The van der Waals surface area contributed by atoms with Gasteiger partial charge in [-0.2, -0.15) is 5.10 Å². The lowest BCUT2D eigenvalue weighted by atomic mass is 10.1. The highest BCUT2D eigenvalue weighted by Crippen LogP contribution is 2.25. The van der Waals surface area contributed by atoms with Gasteiger partial charge in [-0.25, -0.2) is 9.67 Å². The van der Waals surface area contributed by atoms with Crippen LogP contribution in [0.1, 0.15) is 16.1 Å². The van der Waals surface area contributed by atoms with E-state index in [4.69, 9.17) is 9.40 Å². The van der Waals surface area contributed by atoms with E-state index < -0.39 is 0 Å². The smallest absolute Gasteiger partial charge is 0.252 e. The fraction of sp³-hybridized carbons (Fsp3) is 0.0952. The Morgan fingerprint density at radius 3 is 2.81 bits per heavy atom. The van der Waals surface area contributed by atoms with E-state index in [2.05, 4.69) is 17.0 Å². The van der Waals surface area contributed by atoms with Crippen LogP contribution in [-0.2, 0) is 6.54 Å². The Morgan fingerprint density at radius 1 is 1.22 bits per heavy atom. The van der Waals surface area contributed by atoms with Crippen molar-refractivity contribution in [2.45, 2.75) is 6.54 Å². The summed E-state index contributed by atoms with van der Waals surface area (Å²) in [6, 6.07) is 15.3. The molecule has 6 heteroatoms. The van der Waals surface area contributed by atoms with E-state index >= 15 is 0 Å². The SMILES string of the molecule is C=CCNC(=O)c1cc(-c2ccccc2)nc2c1cnn2Cc1ccco1. The predicted octanol–water partition coefficient (Wildman–Crippen LogP) is 3.66. The van der Waals surface area contributed by atoms with E-state index in [1.165, 1.54) is 0 Å². The molecule has 1 aromatic carbocycles. The van der Waals surface area contributed by atoms with E-state index in [1.807, 2.05) is 42.5 Å². The maximum absolute atomic E-state index is 12.7. The Balaban J connectivity index is 1.85. The first-order chi connectivity index (χ1) is 13.3. The number of carbonyl (C=O) groups excluding carboxylic acids is 1. The number of fused-ring (bicyclic) bond motifs is 1. The summed E-state index contributed by atoms with van der Waals surface area (Å²) in [6.07, 6.45) is 4.94. The van der Waals surface area contributed by atoms with Crippen molar-refractivity contribution in [1.82, 2.24) is 20.1 Å². The third kappa shape index (κ3) is 3.37. The lowest BCUT2D eigenvalue weighted by Gasteiger charge is -2.09. The standard InChI is InChI=1S/C21H18N4O2/c1-2-10-22-21(26)17-12-19(15-7-4-3-5-8-15)24-20-18(17)13-23-25(20)14-16-9-6-11-27-16/h2-9,11-13H,1,10,14H2,(H,22,26). The number of amides is 1. The monoisotopic (exact) mass is 358 g/mol. The minimum Gasteiger partial charge on any atom is -0.467 e. The van der Waals surface area contributed by atoms with Gasteiger partial charge < -0.3 is 9.73 Å². The summed E-state index contributed by atoms with van der Waals surface area (Å²) in [7, 11) is 0. The van der Waals surface area contributed by atoms with Gasteiger partial charge in [0.05, 0.1) is 29.1 Å². The fourth-order valence-electron chi connectivity index (χ4n) is 2.92. The number of furan rings is 1. The summed E-state index contributed by atoms with van der Waals surface area (Å²) in [5, 5.41) is 7.95. The molecule has 6 nitrogen and oxygen atoms in total. The molecule has 0 bridgehead atoms. The molecule has 0 aliphatic carbocycles. The van der Waals surface area contributed by atoms with Crippen LogP contribution < -0.4 is 5.32 Å². The zero-order valence-corrected chi connectivity index (χ0v) is 14.6. The molecule has 4 aromatic rings. The highest BCUT2D eigenvalue weighted by atomic mass is 16.3. The van der Waals surface area contributed by atoms with Gasteiger partial charge in [-0.3, -0.25) is 4.79 Å². The molecule has 0 saturated heterocycles. The van der Waals surface area contributed by atoms with Gasteiger partial charge in [-0.05, 0) is 18.2 Å². The molecule has 134 valence electrons. The molecule has 4 rings (SSSR count). The van der Waals surface area contributed by atoms with Gasteiger partial charge in [0.25, 0.3) is 5.91 Å². The van der Waals surface area contributed by atoms with Gasteiger partial charge in [0.2, 0.25) is 0 Å². The molecule has 0 spiro atoms. The fourth-order valence-corrected chi connectivity index (χ4v) is 2.92. The van der Waals surface area contributed by atoms with Crippen LogP contribution in [-0.4, -0.2) is 27.2 Å². The summed E-state index contributed by atoms with van der Waals surface area (Å²) in [5.74, 6) is 0.585. The van der Waals surface area contributed by atoms with Crippen LogP contribution in [0.3, 0.4) is 0 Å². The van der Waals surface area contributed by atoms with Gasteiger partial charge in [-0.1, -0.05) is 36.4 Å². The second-order valence-corrected chi connectivity index (χ2v) is 6.04. The minimum atomic E-state index is -0.183. The summed E-state index contributed by atoms with van der Waals surface area (Å²) in [6.45, 7) is 4.48. The molecule has 0 radical (unpaired) electrons. The van der Waals surface area contributed by atoms with E-state index in [-0.39, 0.29) is 5.91 Å². The summed E-state index contributed by atoms with van der Waals surface area (Å²) >= 11 is 0. The summed E-state index contributed by atoms with van der Waals surface area (Å²) in [5.41, 5.74) is 2.82. The normalized spacial score (nSPS) is 10.8. The second kappa shape index (κ2) is 7.29. The first kappa shape index (κ1) is 16.8. The number of hydrogen-bond acceptors (Lipinski definition) is 4. The molecular formula is C21H18N4O2. The highest BCUT2D eigenvalue weighted by Gasteiger charge is 2.17. The molecule has 1 N–H and O–H groups in total. The average Bonchev–Trinajstić information content (AvgIpc) is 3.36. The molecule has 0 saturated carbocycles. The second-order valence-electron chi connectivity index (χ2n) is 6.04. The number of carbonyl (C=O) groups is 1. The number of hydrogen-bond donors (Lipinski definition) is 1. The summed E-state index contributed by atoms with van der Waals surface area (Å²) < 4.78 is 7.16. The molecule has 0 aliphatic heterocycles. The first-order valence-electron chi connectivity index (χ1n) is 8.59. The van der Waals surface area contributed by atoms with Crippen LogP contribution in [0.5, 0.6) is 0 Å². The number of pyridine rings is 1. The highest BCUT2D eigenvalue weighted by molar-refractivity contribution is 6.06. The molecule has 0 unspecified atom stereocenters. The number of benzene rings is 1. The van der Waals surface area contributed by atoms with Gasteiger partial charge in [0, 0.05) is 12.1 Å². The van der Waals surface area contributed by atoms with Gasteiger partial charge in [0.15, 0.2) is 5.65 Å². The Labute approximate surface area is 156 Å². The molecule has 0 aliphatic rings. The van der Waals surface area contributed by atoms with Crippen LogP contribution in [0.2, 0.25) is 0 Å². The van der Waals surface area contributed by atoms with Gasteiger partial charge >= 0.3 is 0 Å². The number of rotatable bonds is 6. The van der Waals surface area contributed by atoms with Crippen molar-refractivity contribution in [2.24, 2.45) is 0 Å². The maximum atomic E-state index is 12.7. The van der Waals surface area contributed by atoms with E-state index in [0.717, 1.165) is 11.3 Å². The Bertz CT molecular complexity index is 1080. The Morgan fingerprint density at radius 2 is 2.07 bits per heavy atom. The van der Waals surface area contributed by atoms with Crippen LogP contribution >= 0.6 is 0 Å². The van der Waals surface area contributed by atoms with Crippen molar-refractivity contribution in [1.29, 1.82) is 0 Å². The van der Waals surface area contributed by atoms with Crippen molar-refractivity contribution in [3.63, 3.8) is 0 Å². The summed E-state index contributed by atoms with van der Waals surface area (Å²) in [4.78, 5) is 17.5.